The van der Waals surface area contributed by atoms with Gasteiger partial charge in [-0.1, -0.05) is 53.8 Å². The molecule has 2 heterocycles. The van der Waals surface area contributed by atoms with Gasteiger partial charge >= 0.3 is 11.9 Å². The molecule has 0 saturated heterocycles. The second-order valence-corrected chi connectivity index (χ2v) is 12.9. The number of halogens is 2. The van der Waals surface area contributed by atoms with Crippen molar-refractivity contribution in [2.45, 2.75) is 19.9 Å². The fraction of sp³-hybridized carbons (Fsp3) is 0.212. The highest BCUT2D eigenvalue weighted by molar-refractivity contribution is 14.1. The van der Waals surface area contributed by atoms with Gasteiger partial charge in [-0.2, -0.15) is 0 Å². The molecule has 5 rings (SSSR count). The summed E-state index contributed by atoms with van der Waals surface area (Å²) in [6, 6.07) is 19.6. The van der Waals surface area contributed by atoms with E-state index in [1.54, 1.807) is 43.7 Å². The summed E-state index contributed by atoms with van der Waals surface area (Å²) in [6.07, 6.45) is 1.80. The highest BCUT2D eigenvalue weighted by atomic mass is 127. The monoisotopic (exact) mass is 850 g/mol. The Morgan fingerprint density at radius 3 is 2.27 bits per heavy atom. The second kappa shape index (κ2) is 14.7. The number of aromatic nitrogens is 1. The van der Waals surface area contributed by atoms with Gasteiger partial charge in [0.1, 0.15) is 11.5 Å². The summed E-state index contributed by atoms with van der Waals surface area (Å²) in [5, 5.41) is 0. The number of nitrogens with zero attached hydrogens (tertiary/aromatic N) is 2. The molecule has 1 aromatic heterocycles. The van der Waals surface area contributed by atoms with Gasteiger partial charge in [-0.25, -0.2) is 14.6 Å². The third-order valence-electron chi connectivity index (χ3n) is 6.76. The SMILES string of the molecule is CCOC(=O)COc1c(I)cc(/C=c2\sc3n(c2=O)[C@@H](c2ccc(OC)cc2)C(C(=O)OCC)=C(c2ccccc2)N=3)cc1I. The van der Waals surface area contributed by atoms with Gasteiger partial charge in [-0.3, -0.25) is 9.36 Å². The molecule has 232 valence electrons. The number of ether oxygens (including phenoxy) is 4. The Kier molecular flexibility index (Phi) is 10.8. The minimum Gasteiger partial charge on any atom is -0.497 e. The standard InChI is InChI=1S/C33H28I2N2O7S/c1-4-42-26(38)18-44-30-23(34)15-19(16-24(30)35)17-25-31(39)37-29(21-11-13-22(41-3)14-12-21)27(32(40)43-5-2)28(36-33(37)45-25)20-9-7-6-8-10-20/h6-17,29H,4-5,18H2,1-3H3/b25-17-/t29-/m0/s1. The molecular formula is C33H28I2N2O7S. The van der Waals surface area contributed by atoms with Crippen LogP contribution in [0.2, 0.25) is 0 Å². The van der Waals surface area contributed by atoms with E-state index in [2.05, 4.69) is 45.2 Å². The van der Waals surface area contributed by atoms with Gasteiger partial charge in [0.05, 0.1) is 49.3 Å². The maximum absolute atomic E-state index is 14.2. The van der Waals surface area contributed by atoms with Crippen LogP contribution in [0, 0.1) is 7.14 Å². The van der Waals surface area contributed by atoms with Crippen molar-refractivity contribution in [1.29, 1.82) is 0 Å². The first kappa shape index (κ1) is 32.9. The molecule has 0 unspecified atom stereocenters. The summed E-state index contributed by atoms with van der Waals surface area (Å²) in [6.45, 7) is 3.73. The summed E-state index contributed by atoms with van der Waals surface area (Å²) in [4.78, 5) is 45.0. The first-order valence-corrected chi connectivity index (χ1v) is 16.9. The third kappa shape index (κ3) is 7.17. The fourth-order valence-corrected chi connectivity index (χ4v) is 7.96. The first-order valence-electron chi connectivity index (χ1n) is 14.0. The van der Waals surface area contributed by atoms with Crippen molar-refractivity contribution < 1.29 is 28.5 Å². The van der Waals surface area contributed by atoms with Gasteiger partial charge in [0.15, 0.2) is 11.4 Å². The number of thiazole rings is 1. The van der Waals surface area contributed by atoms with Crippen molar-refractivity contribution in [2.24, 2.45) is 4.99 Å². The van der Waals surface area contributed by atoms with Crippen molar-refractivity contribution in [3.63, 3.8) is 0 Å². The van der Waals surface area contributed by atoms with E-state index in [-0.39, 0.29) is 31.0 Å². The lowest BCUT2D eigenvalue weighted by atomic mass is 9.93. The Morgan fingerprint density at radius 2 is 1.64 bits per heavy atom. The highest BCUT2D eigenvalue weighted by Gasteiger charge is 2.35. The summed E-state index contributed by atoms with van der Waals surface area (Å²) in [5.41, 5.74) is 2.66. The van der Waals surface area contributed by atoms with E-state index >= 15 is 0 Å². The molecule has 4 aromatic rings. The number of benzene rings is 3. The van der Waals surface area contributed by atoms with Crippen molar-refractivity contribution in [3.05, 3.63) is 116 Å². The molecule has 1 aliphatic heterocycles. The molecule has 0 spiro atoms. The highest BCUT2D eigenvalue weighted by Crippen LogP contribution is 2.36. The molecule has 0 N–H and O–H groups in total. The summed E-state index contributed by atoms with van der Waals surface area (Å²) in [5.74, 6) is 0.222. The number of methoxy groups -OCH3 is 1. The van der Waals surface area contributed by atoms with Crippen molar-refractivity contribution in [1.82, 2.24) is 4.57 Å². The van der Waals surface area contributed by atoms with Gasteiger partial charge < -0.3 is 18.9 Å². The van der Waals surface area contributed by atoms with Crippen LogP contribution in [0.1, 0.15) is 36.6 Å². The van der Waals surface area contributed by atoms with Gasteiger partial charge in [0.25, 0.3) is 5.56 Å². The summed E-state index contributed by atoms with van der Waals surface area (Å²) >= 11 is 5.53. The zero-order valence-corrected chi connectivity index (χ0v) is 29.7. The Morgan fingerprint density at radius 1 is 0.978 bits per heavy atom. The lowest BCUT2D eigenvalue weighted by Crippen LogP contribution is -2.40. The molecule has 0 radical (unpaired) electrons. The predicted octanol–water partition coefficient (Wildman–Crippen LogP) is 5.10. The minimum absolute atomic E-state index is 0.168. The predicted molar refractivity (Wildman–Crippen MR) is 188 cm³/mol. The Balaban J connectivity index is 1.68. The number of hydrogen-bond donors (Lipinski definition) is 0. The van der Waals surface area contributed by atoms with E-state index < -0.39 is 18.0 Å². The zero-order chi connectivity index (χ0) is 32.1. The molecule has 0 aliphatic carbocycles. The average Bonchev–Trinajstić information content (AvgIpc) is 3.34. The van der Waals surface area contributed by atoms with Crippen LogP contribution >= 0.6 is 56.5 Å². The second-order valence-electron chi connectivity index (χ2n) is 9.61. The smallest absolute Gasteiger partial charge is 0.344 e. The van der Waals surface area contributed by atoms with Crippen LogP contribution in [0.3, 0.4) is 0 Å². The summed E-state index contributed by atoms with van der Waals surface area (Å²) in [7, 11) is 1.58. The number of esters is 2. The number of fused-ring (bicyclic) bond motifs is 1. The molecule has 9 nitrogen and oxygen atoms in total. The topological polar surface area (TPSA) is 105 Å². The molecular weight excluding hydrogens is 822 g/mol. The van der Waals surface area contributed by atoms with E-state index in [0.29, 0.717) is 32.1 Å². The number of carbonyl (C=O) groups excluding carboxylic acids is 2. The molecule has 0 amide bonds. The van der Waals surface area contributed by atoms with Crippen molar-refractivity contribution >= 4 is 80.2 Å². The van der Waals surface area contributed by atoms with E-state index in [1.807, 2.05) is 54.6 Å². The zero-order valence-electron chi connectivity index (χ0n) is 24.5. The molecule has 0 bridgehead atoms. The fourth-order valence-electron chi connectivity index (χ4n) is 4.83. The van der Waals surface area contributed by atoms with Gasteiger partial charge in [-0.05, 0) is 100 Å². The quantitative estimate of drug-likeness (QED) is 0.162. The molecule has 12 heteroatoms. The Bertz CT molecular complexity index is 1930. The van der Waals surface area contributed by atoms with Crippen molar-refractivity contribution in [2.75, 3.05) is 26.9 Å². The van der Waals surface area contributed by atoms with Crippen LogP contribution < -0.4 is 24.4 Å². The van der Waals surface area contributed by atoms with Crippen LogP contribution in [0.25, 0.3) is 11.8 Å². The molecule has 1 aliphatic rings. The average molecular weight is 850 g/mol. The summed E-state index contributed by atoms with van der Waals surface area (Å²) < 4.78 is 25.1. The molecule has 1 atom stereocenters. The normalized spacial score (nSPS) is 14.4. The molecule has 3 aromatic carbocycles. The van der Waals surface area contributed by atoms with Crippen LogP contribution in [-0.2, 0) is 19.1 Å². The number of hydrogen-bond acceptors (Lipinski definition) is 9. The van der Waals surface area contributed by atoms with Gasteiger partial charge in [-0.15, -0.1) is 0 Å². The lowest BCUT2D eigenvalue weighted by molar-refractivity contribution is -0.145. The van der Waals surface area contributed by atoms with Crippen LogP contribution in [-0.4, -0.2) is 43.4 Å². The Hall–Kier alpha value is -3.50. The van der Waals surface area contributed by atoms with E-state index in [9.17, 15) is 14.4 Å². The first-order chi connectivity index (χ1) is 21.7. The lowest BCUT2D eigenvalue weighted by Gasteiger charge is -2.26. The van der Waals surface area contributed by atoms with Crippen molar-refractivity contribution in [3.8, 4) is 11.5 Å². The van der Waals surface area contributed by atoms with Gasteiger partial charge in [0, 0.05) is 5.56 Å². The minimum atomic E-state index is -0.789. The molecule has 0 fully saturated rings. The van der Waals surface area contributed by atoms with E-state index in [1.165, 1.54) is 11.3 Å². The van der Waals surface area contributed by atoms with Gasteiger partial charge in [0.2, 0.25) is 0 Å². The maximum atomic E-state index is 14.2. The number of carbonyl (C=O) groups is 2. The maximum Gasteiger partial charge on any atom is 0.344 e. The third-order valence-corrected chi connectivity index (χ3v) is 9.35. The Labute approximate surface area is 290 Å². The van der Waals surface area contributed by atoms with Crippen LogP contribution in [0.15, 0.2) is 82.1 Å². The molecule has 0 saturated carbocycles. The largest absolute Gasteiger partial charge is 0.497 e. The van der Waals surface area contributed by atoms with E-state index in [4.69, 9.17) is 23.9 Å². The number of rotatable bonds is 10. The molecule has 45 heavy (non-hydrogen) atoms. The van der Waals surface area contributed by atoms with Crippen LogP contribution in [0.5, 0.6) is 11.5 Å². The van der Waals surface area contributed by atoms with Crippen LogP contribution in [0.4, 0.5) is 0 Å². The van der Waals surface area contributed by atoms with E-state index in [0.717, 1.165) is 18.3 Å².